The Balaban J connectivity index is 2.25. The van der Waals surface area contributed by atoms with Crippen LogP contribution < -0.4 is 11.1 Å². The summed E-state index contributed by atoms with van der Waals surface area (Å²) in [6.07, 6.45) is 0. The highest BCUT2D eigenvalue weighted by atomic mass is 16.5. The number of hydrogen-bond donors (Lipinski definition) is 3. The van der Waals surface area contributed by atoms with Crippen LogP contribution in [0.5, 0.6) is 0 Å². The first-order valence-electron chi connectivity index (χ1n) is 5.52. The summed E-state index contributed by atoms with van der Waals surface area (Å²) in [5.74, 6) is 0.729. The molecule has 0 unspecified atom stereocenters. The molecule has 0 atom stereocenters. The van der Waals surface area contributed by atoms with Crippen molar-refractivity contribution in [2.24, 2.45) is 0 Å². The number of fused-ring (bicyclic) bond motifs is 1. The zero-order valence-electron chi connectivity index (χ0n) is 10.4. The van der Waals surface area contributed by atoms with Crippen LogP contribution in [0.1, 0.15) is 13.8 Å². The van der Waals surface area contributed by atoms with Gasteiger partial charge in [-0.2, -0.15) is 0 Å². The van der Waals surface area contributed by atoms with Crippen LogP contribution in [0.3, 0.4) is 0 Å². The van der Waals surface area contributed by atoms with Crippen molar-refractivity contribution in [3.8, 4) is 0 Å². The molecule has 0 amide bonds. The van der Waals surface area contributed by atoms with Crippen LogP contribution in [-0.4, -0.2) is 29.2 Å². The molecule has 17 heavy (non-hydrogen) atoms. The fourth-order valence-corrected chi connectivity index (χ4v) is 1.80. The van der Waals surface area contributed by atoms with Gasteiger partial charge in [0.1, 0.15) is 0 Å². The van der Waals surface area contributed by atoms with Crippen molar-refractivity contribution in [1.29, 1.82) is 0 Å². The molecular formula is C12H18N4O. The molecule has 0 aliphatic rings. The molecule has 2 aromatic rings. The van der Waals surface area contributed by atoms with E-state index in [0.717, 1.165) is 22.7 Å². The van der Waals surface area contributed by atoms with Gasteiger partial charge in [-0.05, 0) is 32.0 Å². The third-order valence-corrected chi connectivity index (χ3v) is 2.47. The van der Waals surface area contributed by atoms with Gasteiger partial charge in [-0.15, -0.1) is 0 Å². The number of rotatable bonds is 4. The number of benzene rings is 1. The molecule has 1 aromatic carbocycles. The Bertz CT molecular complexity index is 518. The first-order chi connectivity index (χ1) is 8.00. The van der Waals surface area contributed by atoms with E-state index in [-0.39, 0.29) is 5.54 Å². The summed E-state index contributed by atoms with van der Waals surface area (Å²) in [4.78, 5) is 7.64. The van der Waals surface area contributed by atoms with E-state index < -0.39 is 0 Å². The topological polar surface area (TPSA) is 76.0 Å². The summed E-state index contributed by atoms with van der Waals surface area (Å²) in [6.45, 7) is 4.71. The fourth-order valence-electron chi connectivity index (χ4n) is 1.80. The zero-order chi connectivity index (χ0) is 12.5. The molecule has 0 aliphatic carbocycles. The lowest BCUT2D eigenvalue weighted by atomic mass is 10.1. The largest absolute Gasteiger partial charge is 0.399 e. The third-order valence-electron chi connectivity index (χ3n) is 2.47. The van der Waals surface area contributed by atoms with Gasteiger partial charge < -0.3 is 20.8 Å². The highest BCUT2D eigenvalue weighted by Gasteiger charge is 2.18. The molecule has 1 aromatic heterocycles. The summed E-state index contributed by atoms with van der Waals surface area (Å²) >= 11 is 0. The smallest absolute Gasteiger partial charge is 0.201 e. The summed E-state index contributed by atoms with van der Waals surface area (Å²) in [7, 11) is 1.68. The molecule has 0 aliphatic heterocycles. The van der Waals surface area contributed by atoms with Gasteiger partial charge in [-0.1, -0.05) is 0 Å². The molecule has 1 heterocycles. The first kappa shape index (κ1) is 11.7. The number of aromatic nitrogens is 2. The molecule has 0 bridgehead atoms. The minimum Gasteiger partial charge on any atom is -0.399 e. The molecule has 5 nitrogen and oxygen atoms in total. The number of methoxy groups -OCH3 is 1. The van der Waals surface area contributed by atoms with Gasteiger partial charge >= 0.3 is 0 Å². The van der Waals surface area contributed by atoms with Crippen molar-refractivity contribution in [3.05, 3.63) is 18.2 Å². The van der Waals surface area contributed by atoms with Crippen LogP contribution in [0.15, 0.2) is 18.2 Å². The number of ether oxygens (including phenoxy) is 1. The van der Waals surface area contributed by atoms with E-state index in [4.69, 9.17) is 10.5 Å². The van der Waals surface area contributed by atoms with Crippen molar-refractivity contribution in [1.82, 2.24) is 9.97 Å². The number of hydrogen-bond acceptors (Lipinski definition) is 4. The molecule has 4 N–H and O–H groups in total. The van der Waals surface area contributed by atoms with Crippen molar-refractivity contribution in [2.75, 3.05) is 24.8 Å². The van der Waals surface area contributed by atoms with Crippen molar-refractivity contribution in [2.45, 2.75) is 19.4 Å². The number of nitrogens with zero attached hydrogens (tertiary/aromatic N) is 1. The van der Waals surface area contributed by atoms with E-state index in [9.17, 15) is 0 Å². The predicted molar refractivity (Wildman–Crippen MR) is 70.1 cm³/mol. The quantitative estimate of drug-likeness (QED) is 0.707. The molecule has 0 saturated heterocycles. The maximum Gasteiger partial charge on any atom is 0.201 e. The maximum absolute atomic E-state index is 5.72. The SMILES string of the molecule is COCC(C)(C)Nc1nc2ccc(N)cc2[nH]1. The van der Waals surface area contributed by atoms with E-state index in [1.807, 2.05) is 18.2 Å². The van der Waals surface area contributed by atoms with Gasteiger partial charge in [0.25, 0.3) is 0 Å². The monoisotopic (exact) mass is 234 g/mol. The molecular weight excluding hydrogens is 216 g/mol. The van der Waals surface area contributed by atoms with Crippen LogP contribution >= 0.6 is 0 Å². The Morgan fingerprint density at radius 3 is 2.94 bits per heavy atom. The summed E-state index contributed by atoms with van der Waals surface area (Å²) in [6, 6.07) is 5.61. The van der Waals surface area contributed by atoms with E-state index in [0.29, 0.717) is 6.61 Å². The minimum atomic E-state index is -0.172. The number of nitrogens with two attached hydrogens (primary N) is 1. The summed E-state index contributed by atoms with van der Waals surface area (Å²) in [5, 5.41) is 3.30. The molecule has 0 radical (unpaired) electrons. The van der Waals surface area contributed by atoms with E-state index in [1.54, 1.807) is 7.11 Å². The highest BCUT2D eigenvalue weighted by Crippen LogP contribution is 2.19. The Kier molecular flexibility index (Phi) is 2.93. The van der Waals surface area contributed by atoms with Gasteiger partial charge in [0.2, 0.25) is 5.95 Å². The number of nitrogens with one attached hydrogen (secondary N) is 2. The van der Waals surface area contributed by atoms with Crippen molar-refractivity contribution >= 4 is 22.7 Å². The van der Waals surface area contributed by atoms with Crippen molar-refractivity contribution < 1.29 is 4.74 Å². The minimum absolute atomic E-state index is 0.172. The van der Waals surface area contributed by atoms with Crippen LogP contribution in [0, 0.1) is 0 Å². The van der Waals surface area contributed by atoms with Gasteiger partial charge in [0.15, 0.2) is 0 Å². The average Bonchev–Trinajstić information content (AvgIpc) is 2.57. The Labute approximate surface area is 100 Å². The molecule has 0 fully saturated rings. The van der Waals surface area contributed by atoms with Gasteiger partial charge in [-0.25, -0.2) is 4.98 Å². The second-order valence-electron chi connectivity index (χ2n) is 4.80. The Morgan fingerprint density at radius 2 is 2.24 bits per heavy atom. The number of H-pyrrole nitrogens is 1. The van der Waals surface area contributed by atoms with Crippen LogP contribution in [-0.2, 0) is 4.74 Å². The molecule has 0 saturated carbocycles. The zero-order valence-corrected chi connectivity index (χ0v) is 10.4. The number of nitrogen functional groups attached to an aromatic ring is 1. The normalized spacial score (nSPS) is 11.9. The molecule has 92 valence electrons. The van der Waals surface area contributed by atoms with Gasteiger partial charge in [0, 0.05) is 12.8 Å². The van der Waals surface area contributed by atoms with Crippen LogP contribution in [0.2, 0.25) is 0 Å². The predicted octanol–water partition coefficient (Wildman–Crippen LogP) is 1.98. The lowest BCUT2D eigenvalue weighted by molar-refractivity contribution is 0.158. The van der Waals surface area contributed by atoms with Crippen molar-refractivity contribution in [3.63, 3.8) is 0 Å². The van der Waals surface area contributed by atoms with Gasteiger partial charge in [0.05, 0.1) is 23.2 Å². The number of aromatic amines is 1. The van der Waals surface area contributed by atoms with E-state index in [2.05, 4.69) is 29.1 Å². The second-order valence-corrected chi connectivity index (χ2v) is 4.80. The standard InChI is InChI=1S/C12H18N4O/c1-12(2,7-17-3)16-11-14-9-5-4-8(13)6-10(9)15-11/h4-6H,7,13H2,1-3H3,(H2,14,15,16). The molecule has 2 rings (SSSR count). The van der Waals surface area contributed by atoms with E-state index >= 15 is 0 Å². The summed E-state index contributed by atoms with van der Waals surface area (Å²) < 4.78 is 5.15. The van der Waals surface area contributed by atoms with Crippen LogP contribution in [0.25, 0.3) is 11.0 Å². The fraction of sp³-hybridized carbons (Fsp3) is 0.417. The van der Waals surface area contributed by atoms with E-state index in [1.165, 1.54) is 0 Å². The second kappa shape index (κ2) is 4.25. The first-order valence-corrected chi connectivity index (χ1v) is 5.52. The highest BCUT2D eigenvalue weighted by molar-refractivity contribution is 5.80. The number of imidazole rings is 1. The number of anilines is 2. The Hall–Kier alpha value is -1.75. The van der Waals surface area contributed by atoms with Gasteiger partial charge in [-0.3, -0.25) is 0 Å². The lowest BCUT2D eigenvalue weighted by Gasteiger charge is -2.24. The van der Waals surface area contributed by atoms with Crippen LogP contribution in [0.4, 0.5) is 11.6 Å². The maximum atomic E-state index is 5.72. The Morgan fingerprint density at radius 1 is 1.47 bits per heavy atom. The third kappa shape index (κ3) is 2.68. The summed E-state index contributed by atoms with van der Waals surface area (Å²) in [5.41, 5.74) is 8.10. The average molecular weight is 234 g/mol. The molecule has 0 spiro atoms. The lowest BCUT2D eigenvalue weighted by Crippen LogP contribution is -2.36. The molecule has 5 heteroatoms.